The highest BCUT2D eigenvalue weighted by Gasteiger charge is 2.55. The van der Waals surface area contributed by atoms with Crippen molar-refractivity contribution < 1.29 is 19.1 Å². The molecule has 0 spiro atoms. The van der Waals surface area contributed by atoms with Gasteiger partial charge >= 0.3 is 0 Å². The predicted molar refractivity (Wildman–Crippen MR) is 112 cm³/mol. The fourth-order valence-corrected chi connectivity index (χ4v) is 5.30. The van der Waals surface area contributed by atoms with Crippen LogP contribution in [0.15, 0.2) is 24.3 Å². The molecule has 2 saturated heterocycles. The molecular formula is C23H31N3O4. The summed E-state index contributed by atoms with van der Waals surface area (Å²) in [7, 11) is 5.39. The highest BCUT2D eigenvalue weighted by molar-refractivity contribution is 6.10. The van der Waals surface area contributed by atoms with Crippen LogP contribution in [0.2, 0.25) is 0 Å². The Morgan fingerprint density at radius 1 is 1.27 bits per heavy atom. The second-order valence-corrected chi connectivity index (χ2v) is 9.20. The number of rotatable bonds is 7. The lowest BCUT2D eigenvalue weighted by Gasteiger charge is -2.33. The van der Waals surface area contributed by atoms with Gasteiger partial charge < -0.3 is 14.5 Å². The highest BCUT2D eigenvalue weighted by atomic mass is 16.5. The molecule has 2 bridgehead atoms. The van der Waals surface area contributed by atoms with Gasteiger partial charge in [0.15, 0.2) is 0 Å². The molecule has 7 nitrogen and oxygen atoms in total. The van der Waals surface area contributed by atoms with E-state index in [2.05, 4.69) is 0 Å². The van der Waals surface area contributed by atoms with Crippen LogP contribution < -0.4 is 4.74 Å². The van der Waals surface area contributed by atoms with Crippen LogP contribution in [0, 0.1) is 5.92 Å². The first-order valence-corrected chi connectivity index (χ1v) is 10.8. The molecule has 2 aliphatic heterocycles. The van der Waals surface area contributed by atoms with Gasteiger partial charge in [0.05, 0.1) is 12.5 Å². The Morgan fingerprint density at radius 2 is 2.07 bits per heavy atom. The number of hydrogen-bond donors (Lipinski definition) is 0. The van der Waals surface area contributed by atoms with E-state index in [9.17, 15) is 14.4 Å². The van der Waals surface area contributed by atoms with E-state index in [1.54, 1.807) is 13.2 Å². The summed E-state index contributed by atoms with van der Waals surface area (Å²) in [5.41, 5.74) is -0.470. The summed E-state index contributed by atoms with van der Waals surface area (Å²) in [5.74, 6) is 0.720. The second-order valence-electron chi connectivity index (χ2n) is 9.20. The molecule has 7 heteroatoms. The molecule has 3 atom stereocenters. The molecule has 3 amide bonds. The Hall–Kier alpha value is -2.41. The largest absolute Gasteiger partial charge is 0.497 e. The Bertz CT molecular complexity index is 855. The van der Waals surface area contributed by atoms with E-state index in [0.717, 1.165) is 19.4 Å². The minimum absolute atomic E-state index is 0.0133. The van der Waals surface area contributed by atoms with Gasteiger partial charge in [-0.2, -0.15) is 0 Å². The Kier molecular flexibility index (Phi) is 5.57. The average Bonchev–Trinajstić information content (AvgIpc) is 3.41. The zero-order valence-electron chi connectivity index (χ0n) is 18.1. The molecule has 1 aliphatic carbocycles. The van der Waals surface area contributed by atoms with Crippen molar-refractivity contribution in [3.05, 3.63) is 29.8 Å². The lowest BCUT2D eigenvalue weighted by Crippen LogP contribution is -2.46. The van der Waals surface area contributed by atoms with Gasteiger partial charge in [0.1, 0.15) is 5.75 Å². The van der Waals surface area contributed by atoms with E-state index >= 15 is 0 Å². The first kappa shape index (κ1) is 20.8. The third kappa shape index (κ3) is 3.60. The van der Waals surface area contributed by atoms with E-state index in [0.29, 0.717) is 36.4 Å². The number of amides is 3. The van der Waals surface area contributed by atoms with Crippen molar-refractivity contribution in [3.63, 3.8) is 0 Å². The number of likely N-dealkylation sites (tertiary alicyclic amines) is 2. The third-order valence-electron chi connectivity index (χ3n) is 6.98. The molecule has 3 unspecified atom stereocenters. The number of carbonyl (C=O) groups is 3. The summed E-state index contributed by atoms with van der Waals surface area (Å²) in [6, 6.07) is 7.56. The first-order valence-electron chi connectivity index (χ1n) is 10.8. The van der Waals surface area contributed by atoms with Crippen LogP contribution in [0.1, 0.15) is 37.7 Å². The van der Waals surface area contributed by atoms with Gasteiger partial charge in [-0.3, -0.25) is 19.3 Å². The van der Waals surface area contributed by atoms with Gasteiger partial charge in [-0.15, -0.1) is 0 Å². The SMILES string of the molecule is COc1cccc(C2(CC(=O)N3CC4CCC3C4)CC(=O)N(CCN(C)C)C2=O)c1. The smallest absolute Gasteiger partial charge is 0.240 e. The monoisotopic (exact) mass is 413 g/mol. The molecule has 1 aromatic carbocycles. The average molecular weight is 414 g/mol. The topological polar surface area (TPSA) is 70.2 Å². The Morgan fingerprint density at radius 3 is 2.70 bits per heavy atom. The summed E-state index contributed by atoms with van der Waals surface area (Å²) in [6.07, 6.45) is 3.36. The molecule has 4 rings (SSSR count). The van der Waals surface area contributed by atoms with Crippen molar-refractivity contribution in [2.45, 2.75) is 43.6 Å². The number of benzene rings is 1. The van der Waals surface area contributed by atoms with E-state index in [1.807, 2.05) is 42.1 Å². The van der Waals surface area contributed by atoms with Crippen LogP contribution in [0.25, 0.3) is 0 Å². The molecule has 0 N–H and O–H groups in total. The number of methoxy groups -OCH3 is 1. The molecular weight excluding hydrogens is 382 g/mol. The van der Waals surface area contributed by atoms with Crippen molar-refractivity contribution in [1.82, 2.24) is 14.7 Å². The molecule has 2 heterocycles. The molecule has 0 aromatic heterocycles. The molecule has 1 aromatic rings. The van der Waals surface area contributed by atoms with Gasteiger partial charge in [-0.05, 0) is 57.0 Å². The van der Waals surface area contributed by atoms with E-state index < -0.39 is 5.41 Å². The number of piperidine rings is 1. The van der Waals surface area contributed by atoms with E-state index in [4.69, 9.17) is 4.74 Å². The molecule has 0 radical (unpaired) electrons. The fourth-order valence-electron chi connectivity index (χ4n) is 5.30. The number of fused-ring (bicyclic) bond motifs is 2. The summed E-state index contributed by atoms with van der Waals surface area (Å²) >= 11 is 0. The van der Waals surface area contributed by atoms with Gasteiger partial charge in [0, 0.05) is 38.5 Å². The van der Waals surface area contributed by atoms with Gasteiger partial charge in [0.2, 0.25) is 17.7 Å². The number of hydrogen-bond acceptors (Lipinski definition) is 5. The van der Waals surface area contributed by atoms with Gasteiger partial charge in [-0.25, -0.2) is 0 Å². The lowest BCUT2D eigenvalue weighted by atomic mass is 9.75. The highest BCUT2D eigenvalue weighted by Crippen LogP contribution is 2.43. The van der Waals surface area contributed by atoms with E-state index in [-0.39, 0.29) is 30.6 Å². The third-order valence-corrected chi connectivity index (χ3v) is 6.98. The zero-order chi connectivity index (χ0) is 21.5. The van der Waals surface area contributed by atoms with Gasteiger partial charge in [-0.1, -0.05) is 12.1 Å². The quantitative estimate of drug-likeness (QED) is 0.636. The maximum Gasteiger partial charge on any atom is 0.240 e. The van der Waals surface area contributed by atoms with Crippen molar-refractivity contribution in [2.24, 2.45) is 5.92 Å². The summed E-state index contributed by atoms with van der Waals surface area (Å²) < 4.78 is 5.36. The summed E-state index contributed by atoms with van der Waals surface area (Å²) in [6.45, 7) is 1.71. The number of carbonyl (C=O) groups excluding carboxylic acids is 3. The molecule has 3 fully saturated rings. The fraction of sp³-hybridized carbons (Fsp3) is 0.609. The van der Waals surface area contributed by atoms with Crippen LogP contribution in [-0.4, -0.2) is 79.3 Å². The molecule has 30 heavy (non-hydrogen) atoms. The maximum absolute atomic E-state index is 13.6. The minimum atomic E-state index is -1.16. The van der Waals surface area contributed by atoms with Crippen LogP contribution >= 0.6 is 0 Å². The van der Waals surface area contributed by atoms with Crippen molar-refractivity contribution >= 4 is 17.7 Å². The van der Waals surface area contributed by atoms with Crippen LogP contribution in [0.3, 0.4) is 0 Å². The number of imide groups is 1. The molecule has 3 aliphatic rings. The molecule has 1 saturated carbocycles. The lowest BCUT2D eigenvalue weighted by molar-refractivity contribution is -0.143. The first-order chi connectivity index (χ1) is 14.3. The standard InChI is InChI=1S/C23H31N3O4/c1-24(2)9-10-25-20(27)13-23(22(25)29,17-5-4-6-19(12-17)30-3)14-21(28)26-15-16-7-8-18(26)11-16/h4-6,12,16,18H,7-11,13-15H2,1-3H3. The summed E-state index contributed by atoms with van der Waals surface area (Å²) in [5, 5.41) is 0. The zero-order valence-corrected chi connectivity index (χ0v) is 18.1. The van der Waals surface area contributed by atoms with E-state index in [1.165, 1.54) is 11.3 Å². The van der Waals surface area contributed by atoms with Crippen LogP contribution in [-0.2, 0) is 19.8 Å². The van der Waals surface area contributed by atoms with Crippen molar-refractivity contribution in [3.8, 4) is 5.75 Å². The maximum atomic E-state index is 13.6. The van der Waals surface area contributed by atoms with Crippen LogP contribution in [0.5, 0.6) is 5.75 Å². The second kappa shape index (κ2) is 8.02. The number of likely N-dealkylation sites (N-methyl/N-ethyl adjacent to an activating group) is 1. The van der Waals surface area contributed by atoms with Crippen molar-refractivity contribution in [2.75, 3.05) is 40.8 Å². The van der Waals surface area contributed by atoms with Crippen LogP contribution in [0.4, 0.5) is 0 Å². The number of ether oxygens (including phenoxy) is 1. The Labute approximate surface area is 177 Å². The minimum Gasteiger partial charge on any atom is -0.497 e. The predicted octanol–water partition coefficient (Wildman–Crippen LogP) is 1.65. The van der Waals surface area contributed by atoms with Gasteiger partial charge in [0.25, 0.3) is 0 Å². The number of nitrogens with zero attached hydrogens (tertiary/aromatic N) is 3. The Balaban J connectivity index is 1.66. The van der Waals surface area contributed by atoms with Crippen molar-refractivity contribution in [1.29, 1.82) is 0 Å². The normalized spacial score (nSPS) is 28.1. The summed E-state index contributed by atoms with van der Waals surface area (Å²) in [4.78, 5) is 45.1. The molecule has 162 valence electrons.